The van der Waals surface area contributed by atoms with E-state index >= 15 is 0 Å². The van der Waals surface area contributed by atoms with Crippen molar-refractivity contribution < 1.29 is 18.6 Å². The molecular weight excluding hydrogens is 487 g/mol. The molecule has 0 amide bonds. The van der Waals surface area contributed by atoms with E-state index in [2.05, 4.69) is 38.0 Å². The second-order valence-corrected chi connectivity index (χ2v) is 8.40. The molecule has 4 rings (SSSR count). The number of anilines is 1. The lowest BCUT2D eigenvalue weighted by Crippen LogP contribution is -2.36. The molecule has 1 heterocycles. The van der Waals surface area contributed by atoms with E-state index in [-0.39, 0.29) is 5.82 Å². The first-order valence-corrected chi connectivity index (χ1v) is 11.7. The van der Waals surface area contributed by atoms with Crippen LogP contribution in [0.15, 0.2) is 70.1 Å². The average Bonchev–Trinajstić information content (AvgIpc) is 2.85. The lowest BCUT2D eigenvalue weighted by molar-refractivity contribution is 0.122. The van der Waals surface area contributed by atoms with Gasteiger partial charge >= 0.3 is 0 Å². The number of aliphatic imine (C=N–C) groups is 1. The van der Waals surface area contributed by atoms with Gasteiger partial charge in [-0.2, -0.15) is 0 Å². The van der Waals surface area contributed by atoms with E-state index in [0.29, 0.717) is 24.7 Å². The third-order valence-electron chi connectivity index (χ3n) is 5.25. The zero-order chi connectivity index (χ0) is 23.0. The third-order valence-corrected chi connectivity index (χ3v) is 5.94. The van der Waals surface area contributed by atoms with Gasteiger partial charge in [-0.1, -0.05) is 12.1 Å². The quantitative estimate of drug-likeness (QED) is 0.339. The number of hydrogen-bond acceptors (Lipinski definition) is 5. The number of benzene rings is 3. The van der Waals surface area contributed by atoms with Crippen LogP contribution in [-0.4, -0.2) is 39.1 Å². The lowest BCUT2D eigenvalue weighted by Gasteiger charge is -2.28. The summed E-state index contributed by atoms with van der Waals surface area (Å²) in [6.45, 7) is 6.09. The van der Waals surface area contributed by atoms with Crippen molar-refractivity contribution in [3.63, 3.8) is 0 Å². The van der Waals surface area contributed by atoms with Gasteiger partial charge in [-0.25, -0.2) is 4.39 Å². The van der Waals surface area contributed by atoms with Crippen molar-refractivity contribution in [1.82, 2.24) is 0 Å². The van der Waals surface area contributed by atoms with Crippen LogP contribution in [0.4, 0.5) is 15.8 Å². The highest BCUT2D eigenvalue weighted by molar-refractivity contribution is 9.10. The highest BCUT2D eigenvalue weighted by Gasteiger charge is 2.12. The minimum Gasteiger partial charge on any atom is -0.490 e. The molecule has 0 aliphatic carbocycles. The molecule has 1 saturated heterocycles. The molecule has 0 spiro atoms. The molecule has 3 aromatic rings. The number of hydrogen-bond donors (Lipinski definition) is 0. The van der Waals surface area contributed by atoms with Gasteiger partial charge in [0.2, 0.25) is 0 Å². The van der Waals surface area contributed by atoms with E-state index in [1.807, 2.05) is 31.2 Å². The van der Waals surface area contributed by atoms with Crippen molar-refractivity contribution in [3.8, 4) is 11.5 Å². The first kappa shape index (κ1) is 23.3. The van der Waals surface area contributed by atoms with Gasteiger partial charge in [-0.05, 0) is 76.9 Å². The largest absolute Gasteiger partial charge is 0.490 e. The summed E-state index contributed by atoms with van der Waals surface area (Å²) in [6.07, 6.45) is 1.81. The van der Waals surface area contributed by atoms with E-state index in [0.717, 1.165) is 47.6 Å². The number of halogens is 2. The second-order valence-electron chi connectivity index (χ2n) is 7.54. The van der Waals surface area contributed by atoms with Gasteiger partial charge in [0.15, 0.2) is 11.5 Å². The summed E-state index contributed by atoms with van der Waals surface area (Å²) in [5.41, 5.74) is 3.80. The maximum Gasteiger partial charge on any atom is 0.162 e. The van der Waals surface area contributed by atoms with Gasteiger partial charge < -0.3 is 19.1 Å². The topological polar surface area (TPSA) is 43.3 Å². The van der Waals surface area contributed by atoms with E-state index in [9.17, 15) is 4.39 Å². The molecule has 172 valence electrons. The third kappa shape index (κ3) is 6.33. The van der Waals surface area contributed by atoms with Gasteiger partial charge in [0, 0.05) is 35.0 Å². The van der Waals surface area contributed by atoms with Gasteiger partial charge in [0.05, 0.1) is 25.5 Å². The minimum absolute atomic E-state index is 0.268. The predicted molar refractivity (Wildman–Crippen MR) is 133 cm³/mol. The zero-order valence-corrected chi connectivity index (χ0v) is 20.1. The molecule has 5 nitrogen and oxygen atoms in total. The lowest BCUT2D eigenvalue weighted by atomic mass is 10.2. The molecule has 0 saturated carbocycles. The highest BCUT2D eigenvalue weighted by Crippen LogP contribution is 2.34. The smallest absolute Gasteiger partial charge is 0.162 e. The van der Waals surface area contributed by atoms with E-state index in [1.165, 1.54) is 17.8 Å². The molecule has 0 N–H and O–H groups in total. The average molecular weight is 513 g/mol. The summed E-state index contributed by atoms with van der Waals surface area (Å²) in [4.78, 5) is 6.94. The zero-order valence-electron chi connectivity index (χ0n) is 18.5. The van der Waals surface area contributed by atoms with Gasteiger partial charge in [0.25, 0.3) is 0 Å². The number of rotatable bonds is 8. The maximum absolute atomic E-state index is 13.1. The van der Waals surface area contributed by atoms with Crippen LogP contribution < -0.4 is 14.4 Å². The molecule has 0 radical (unpaired) electrons. The molecular formula is C26H26BrFN2O3. The number of morpholine rings is 1. The van der Waals surface area contributed by atoms with Crippen LogP contribution >= 0.6 is 15.9 Å². The number of nitrogens with zero attached hydrogens (tertiary/aromatic N) is 2. The fourth-order valence-electron chi connectivity index (χ4n) is 3.49. The molecule has 1 aliphatic rings. The van der Waals surface area contributed by atoms with Crippen LogP contribution in [0.25, 0.3) is 0 Å². The van der Waals surface area contributed by atoms with E-state index in [4.69, 9.17) is 14.2 Å². The number of ether oxygens (including phenoxy) is 3. The first-order chi connectivity index (χ1) is 16.1. The van der Waals surface area contributed by atoms with Gasteiger partial charge in [-0.3, -0.25) is 4.99 Å². The Hall–Kier alpha value is -2.90. The molecule has 33 heavy (non-hydrogen) atoms. The SMILES string of the molecule is CCOc1cc(C=Nc2ccc(N3CCOCC3)cc2)c(Br)cc1OCc1ccc(F)cc1. The Labute approximate surface area is 201 Å². The van der Waals surface area contributed by atoms with Crippen LogP contribution in [0.5, 0.6) is 11.5 Å². The van der Waals surface area contributed by atoms with Crippen molar-refractivity contribution in [2.24, 2.45) is 4.99 Å². The van der Waals surface area contributed by atoms with Gasteiger partial charge in [-0.15, -0.1) is 0 Å². The fraction of sp³-hybridized carbons (Fsp3) is 0.269. The molecule has 7 heteroatoms. The Morgan fingerprint density at radius 1 is 1.00 bits per heavy atom. The van der Waals surface area contributed by atoms with Crippen molar-refractivity contribution in [1.29, 1.82) is 0 Å². The molecule has 0 unspecified atom stereocenters. The molecule has 1 aliphatic heterocycles. The summed E-state index contributed by atoms with van der Waals surface area (Å²) in [5, 5.41) is 0. The van der Waals surface area contributed by atoms with Crippen molar-refractivity contribution in [2.75, 3.05) is 37.8 Å². The standard InChI is InChI=1S/C26H26BrFN2O3/c1-2-32-25-15-20(24(27)16-26(25)33-18-19-3-5-21(28)6-4-19)17-29-22-7-9-23(10-8-22)30-11-13-31-14-12-30/h3-10,15-17H,2,11-14,18H2,1H3. The Morgan fingerprint density at radius 2 is 1.70 bits per heavy atom. The minimum atomic E-state index is -0.268. The monoisotopic (exact) mass is 512 g/mol. The summed E-state index contributed by atoms with van der Waals surface area (Å²) >= 11 is 3.61. The van der Waals surface area contributed by atoms with Crippen molar-refractivity contribution in [2.45, 2.75) is 13.5 Å². The Bertz CT molecular complexity index is 1080. The Balaban J connectivity index is 1.47. The molecule has 1 fully saturated rings. The van der Waals surface area contributed by atoms with Crippen LogP contribution in [0, 0.1) is 5.82 Å². The second kappa shape index (κ2) is 11.3. The summed E-state index contributed by atoms with van der Waals surface area (Å²) in [6, 6.07) is 18.2. The van der Waals surface area contributed by atoms with Crippen LogP contribution in [-0.2, 0) is 11.3 Å². The molecule has 0 bridgehead atoms. The van der Waals surface area contributed by atoms with E-state index in [1.54, 1.807) is 18.3 Å². The van der Waals surface area contributed by atoms with Crippen molar-refractivity contribution >= 4 is 33.5 Å². The van der Waals surface area contributed by atoms with Crippen LogP contribution in [0.1, 0.15) is 18.1 Å². The summed E-state index contributed by atoms with van der Waals surface area (Å²) in [5.74, 6) is 0.975. The van der Waals surface area contributed by atoms with Crippen LogP contribution in [0.3, 0.4) is 0 Å². The molecule has 0 aromatic heterocycles. The maximum atomic E-state index is 13.1. The predicted octanol–water partition coefficient (Wildman–Crippen LogP) is 6.15. The van der Waals surface area contributed by atoms with Gasteiger partial charge in [0.1, 0.15) is 12.4 Å². The van der Waals surface area contributed by atoms with E-state index < -0.39 is 0 Å². The molecule has 0 atom stereocenters. The highest BCUT2D eigenvalue weighted by atomic mass is 79.9. The Morgan fingerprint density at radius 3 is 2.39 bits per heavy atom. The molecule has 3 aromatic carbocycles. The van der Waals surface area contributed by atoms with Crippen LogP contribution in [0.2, 0.25) is 0 Å². The summed E-state index contributed by atoms with van der Waals surface area (Å²) < 4.78 is 31.1. The van der Waals surface area contributed by atoms with Crippen molar-refractivity contribution in [3.05, 3.63) is 82.1 Å². The normalized spacial score (nSPS) is 14.0. The summed E-state index contributed by atoms with van der Waals surface area (Å²) in [7, 11) is 0. The first-order valence-electron chi connectivity index (χ1n) is 10.9. The fourth-order valence-corrected chi connectivity index (χ4v) is 3.91. The Kier molecular flexibility index (Phi) is 7.96.